The molecular weight excluding hydrogens is 426 g/mol. The predicted octanol–water partition coefficient (Wildman–Crippen LogP) is 1.32. The van der Waals surface area contributed by atoms with E-state index in [0.29, 0.717) is 25.2 Å². The molecule has 0 atom stereocenters. The van der Waals surface area contributed by atoms with Crippen LogP contribution < -0.4 is 21.5 Å². The zero-order valence-electron chi connectivity index (χ0n) is 18.7. The van der Waals surface area contributed by atoms with E-state index in [-0.39, 0.29) is 34.9 Å². The first-order chi connectivity index (χ1) is 15.8. The Balaban J connectivity index is 2.01. The van der Waals surface area contributed by atoms with E-state index >= 15 is 0 Å². The second kappa shape index (κ2) is 8.45. The van der Waals surface area contributed by atoms with Crippen LogP contribution in [0.5, 0.6) is 11.6 Å². The lowest BCUT2D eigenvalue weighted by Crippen LogP contribution is -2.38. The van der Waals surface area contributed by atoms with Gasteiger partial charge in [-0.15, -0.1) is 0 Å². The molecule has 0 amide bonds. The molecule has 1 aromatic carbocycles. The lowest BCUT2D eigenvalue weighted by atomic mass is 10.1. The molecule has 33 heavy (non-hydrogen) atoms. The number of hydrogen-bond acceptors (Lipinski definition) is 6. The highest BCUT2D eigenvalue weighted by molar-refractivity contribution is 5.75. The van der Waals surface area contributed by atoms with Crippen LogP contribution >= 0.6 is 0 Å². The van der Waals surface area contributed by atoms with Gasteiger partial charge in [-0.1, -0.05) is 38.1 Å². The largest absolute Gasteiger partial charge is 0.494 e. The number of imidazole rings is 1. The van der Waals surface area contributed by atoms with Crippen LogP contribution in [0.2, 0.25) is 0 Å². The van der Waals surface area contributed by atoms with Crippen LogP contribution in [0.4, 0.5) is 0 Å². The van der Waals surface area contributed by atoms with Gasteiger partial charge in [0.1, 0.15) is 12.4 Å². The number of rotatable bonds is 7. The Hall–Kier alpha value is -4.08. The lowest BCUT2D eigenvalue weighted by molar-refractivity contribution is 0.363. The van der Waals surface area contributed by atoms with Crippen molar-refractivity contribution < 1.29 is 9.84 Å². The molecule has 3 aromatic heterocycles. The van der Waals surface area contributed by atoms with Crippen molar-refractivity contribution in [2.75, 3.05) is 6.61 Å². The summed E-state index contributed by atoms with van der Waals surface area (Å²) in [7, 11) is 2.84. The maximum absolute atomic E-state index is 13.3. The van der Waals surface area contributed by atoms with Gasteiger partial charge in [0, 0.05) is 14.1 Å². The van der Waals surface area contributed by atoms with Crippen molar-refractivity contribution in [3.63, 3.8) is 0 Å². The van der Waals surface area contributed by atoms with E-state index in [4.69, 9.17) is 4.74 Å². The fraction of sp³-hybridized carbons (Fsp3) is 0.304. The van der Waals surface area contributed by atoms with Crippen molar-refractivity contribution in [3.8, 4) is 11.6 Å². The molecular formula is C23H25N5O5. The topological polar surface area (TPSA) is 113 Å². The van der Waals surface area contributed by atoms with Crippen LogP contribution in [0.3, 0.4) is 0 Å². The molecule has 0 saturated heterocycles. The van der Waals surface area contributed by atoms with Gasteiger partial charge >= 0.3 is 5.69 Å². The number of benzene rings is 1. The SMILES string of the molecule is C=CCOc1ccc(Cn2c(O)c(CCC)c(=O)n3c4c(=O)n(C)c(=O)n(C)c4nc23)cc1. The molecule has 4 rings (SSSR count). The average Bonchev–Trinajstić information content (AvgIpc) is 3.22. The summed E-state index contributed by atoms with van der Waals surface area (Å²) < 4.78 is 10.3. The van der Waals surface area contributed by atoms with Crippen molar-refractivity contribution in [2.45, 2.75) is 26.3 Å². The number of nitrogens with zero attached hydrogens (tertiary/aromatic N) is 5. The molecule has 0 bridgehead atoms. The second-order valence-electron chi connectivity index (χ2n) is 7.81. The summed E-state index contributed by atoms with van der Waals surface area (Å²) in [6.07, 6.45) is 2.59. The summed E-state index contributed by atoms with van der Waals surface area (Å²) in [5, 5.41) is 11.0. The number of ether oxygens (including phenoxy) is 1. The molecule has 0 spiro atoms. The Morgan fingerprint density at radius 3 is 2.42 bits per heavy atom. The van der Waals surface area contributed by atoms with Crippen molar-refractivity contribution in [3.05, 3.63) is 79.2 Å². The van der Waals surface area contributed by atoms with Gasteiger partial charge < -0.3 is 9.84 Å². The van der Waals surface area contributed by atoms with Crippen molar-refractivity contribution >= 4 is 16.9 Å². The molecule has 10 nitrogen and oxygen atoms in total. The highest BCUT2D eigenvalue weighted by atomic mass is 16.5. The van der Waals surface area contributed by atoms with Gasteiger partial charge in [-0.25, -0.2) is 9.20 Å². The average molecular weight is 451 g/mol. The number of aromatic hydroxyl groups is 1. The van der Waals surface area contributed by atoms with E-state index in [0.717, 1.165) is 10.1 Å². The molecule has 0 aliphatic carbocycles. The molecule has 0 radical (unpaired) electrons. The summed E-state index contributed by atoms with van der Waals surface area (Å²) in [5.74, 6) is 0.542. The van der Waals surface area contributed by atoms with E-state index in [9.17, 15) is 19.5 Å². The van der Waals surface area contributed by atoms with E-state index in [1.54, 1.807) is 18.2 Å². The highest BCUT2D eigenvalue weighted by Crippen LogP contribution is 2.23. The first kappa shape index (κ1) is 22.1. The third-order valence-electron chi connectivity index (χ3n) is 5.60. The summed E-state index contributed by atoms with van der Waals surface area (Å²) in [6.45, 7) is 6.09. The van der Waals surface area contributed by atoms with Gasteiger partial charge in [0.15, 0.2) is 11.2 Å². The van der Waals surface area contributed by atoms with Crippen molar-refractivity contribution in [1.29, 1.82) is 0 Å². The van der Waals surface area contributed by atoms with Gasteiger partial charge in [0.25, 0.3) is 11.1 Å². The smallest absolute Gasteiger partial charge is 0.332 e. The minimum Gasteiger partial charge on any atom is -0.494 e. The van der Waals surface area contributed by atoms with Gasteiger partial charge in [0.05, 0.1) is 12.1 Å². The summed E-state index contributed by atoms with van der Waals surface area (Å²) in [5.41, 5.74) is -0.616. The minimum atomic E-state index is -0.624. The predicted molar refractivity (Wildman–Crippen MR) is 124 cm³/mol. The second-order valence-corrected chi connectivity index (χ2v) is 7.81. The fourth-order valence-corrected chi connectivity index (χ4v) is 3.89. The molecule has 0 aliphatic heterocycles. The molecule has 0 aliphatic rings. The highest BCUT2D eigenvalue weighted by Gasteiger charge is 2.23. The van der Waals surface area contributed by atoms with E-state index in [1.807, 2.05) is 19.1 Å². The number of aromatic nitrogens is 5. The summed E-state index contributed by atoms with van der Waals surface area (Å²) >= 11 is 0. The monoisotopic (exact) mass is 451 g/mol. The van der Waals surface area contributed by atoms with Gasteiger partial charge in [-0.3, -0.25) is 23.3 Å². The Labute approximate surface area is 188 Å². The maximum atomic E-state index is 13.3. The molecule has 172 valence electrons. The molecule has 10 heteroatoms. The molecule has 3 heterocycles. The molecule has 0 saturated carbocycles. The third kappa shape index (κ3) is 3.53. The van der Waals surface area contributed by atoms with Crippen LogP contribution in [0.15, 0.2) is 51.3 Å². The zero-order chi connectivity index (χ0) is 23.9. The number of fused-ring (bicyclic) bond motifs is 3. The first-order valence-corrected chi connectivity index (χ1v) is 10.6. The Morgan fingerprint density at radius 1 is 1.09 bits per heavy atom. The number of hydrogen-bond donors (Lipinski definition) is 1. The van der Waals surface area contributed by atoms with Crippen LogP contribution in [-0.2, 0) is 27.1 Å². The van der Waals surface area contributed by atoms with Crippen LogP contribution in [0.25, 0.3) is 16.9 Å². The third-order valence-corrected chi connectivity index (χ3v) is 5.60. The van der Waals surface area contributed by atoms with Gasteiger partial charge in [0.2, 0.25) is 11.7 Å². The molecule has 0 unspecified atom stereocenters. The van der Waals surface area contributed by atoms with Crippen LogP contribution in [0.1, 0.15) is 24.5 Å². The van der Waals surface area contributed by atoms with Crippen LogP contribution in [0, 0.1) is 0 Å². The van der Waals surface area contributed by atoms with Gasteiger partial charge in [-0.2, -0.15) is 4.98 Å². The molecule has 1 N–H and O–H groups in total. The molecule has 0 fully saturated rings. The normalized spacial score (nSPS) is 11.4. The fourth-order valence-electron chi connectivity index (χ4n) is 3.89. The minimum absolute atomic E-state index is 0.00104. The quantitative estimate of drug-likeness (QED) is 0.424. The van der Waals surface area contributed by atoms with Crippen LogP contribution in [-0.4, -0.2) is 34.8 Å². The van der Waals surface area contributed by atoms with Gasteiger partial charge in [-0.05, 0) is 24.1 Å². The lowest BCUT2D eigenvalue weighted by Gasteiger charge is -2.15. The van der Waals surface area contributed by atoms with E-state index < -0.39 is 16.8 Å². The first-order valence-electron chi connectivity index (χ1n) is 10.6. The standard InChI is InChI=1S/C23H25N5O5/c1-5-7-16-19(29)27(13-14-8-10-15(11-9-14)33-12-6-2)22-24-18-17(28(22)20(16)30)21(31)26(4)23(32)25(18)3/h6,8-11,29H,2,5,7,12-13H2,1,3-4H3. The summed E-state index contributed by atoms with van der Waals surface area (Å²) in [6, 6.07) is 7.26. The Morgan fingerprint density at radius 2 is 1.79 bits per heavy atom. The Bertz CT molecular complexity index is 1550. The van der Waals surface area contributed by atoms with E-state index in [1.165, 1.54) is 27.6 Å². The number of aryl methyl sites for hydroxylation is 1. The Kier molecular flexibility index (Phi) is 5.67. The van der Waals surface area contributed by atoms with E-state index in [2.05, 4.69) is 11.6 Å². The van der Waals surface area contributed by atoms with Crippen molar-refractivity contribution in [2.24, 2.45) is 14.1 Å². The molecule has 4 aromatic rings. The summed E-state index contributed by atoms with van der Waals surface area (Å²) in [4.78, 5) is 43.1. The zero-order valence-corrected chi connectivity index (χ0v) is 18.7. The maximum Gasteiger partial charge on any atom is 0.332 e. The van der Waals surface area contributed by atoms with Crippen molar-refractivity contribution in [1.82, 2.24) is 23.1 Å².